The summed E-state index contributed by atoms with van der Waals surface area (Å²) < 4.78 is 4.02. The minimum Gasteiger partial charge on any atom is -0.307 e. The van der Waals surface area contributed by atoms with Gasteiger partial charge >= 0.3 is 0 Å². The number of imidazole rings is 1. The van der Waals surface area contributed by atoms with E-state index in [1.54, 1.807) is 0 Å². The summed E-state index contributed by atoms with van der Waals surface area (Å²) in [4.78, 5) is 7.54. The molecule has 0 spiro atoms. The van der Waals surface area contributed by atoms with E-state index in [9.17, 15) is 0 Å². The van der Waals surface area contributed by atoms with Crippen LogP contribution < -0.4 is 0 Å². The smallest absolute Gasteiger partial charge is 0.137 e. The van der Waals surface area contributed by atoms with Crippen LogP contribution in [0.4, 0.5) is 0 Å². The van der Waals surface area contributed by atoms with Crippen molar-refractivity contribution in [2.45, 2.75) is 24.8 Å². The molecule has 28 heavy (non-hydrogen) atoms. The first-order valence-corrected chi connectivity index (χ1v) is 9.94. The third kappa shape index (κ3) is 3.02. The number of piperidine rings is 1. The molecular weight excluding hydrogens is 346 g/mol. The molecule has 5 rings (SSSR count). The van der Waals surface area contributed by atoms with Gasteiger partial charge in [0.15, 0.2) is 0 Å². The Labute approximate surface area is 165 Å². The van der Waals surface area contributed by atoms with Crippen LogP contribution in [-0.4, -0.2) is 37.2 Å². The number of nitrogens with zero attached hydrogens (tertiary/aromatic N) is 5. The molecule has 142 valence electrons. The Morgan fingerprint density at radius 2 is 1.71 bits per heavy atom. The van der Waals surface area contributed by atoms with Crippen molar-refractivity contribution in [2.24, 2.45) is 7.05 Å². The van der Waals surface area contributed by atoms with E-state index in [1.165, 1.54) is 11.3 Å². The highest BCUT2D eigenvalue weighted by molar-refractivity contribution is 5.45. The summed E-state index contributed by atoms with van der Waals surface area (Å²) >= 11 is 0. The molecule has 0 radical (unpaired) electrons. The lowest BCUT2D eigenvalue weighted by Crippen LogP contribution is -2.43. The molecule has 0 atom stereocenters. The fourth-order valence-electron chi connectivity index (χ4n) is 4.48. The summed E-state index contributed by atoms with van der Waals surface area (Å²) in [5, 5.41) is 4.55. The topological polar surface area (TPSA) is 38.4 Å². The van der Waals surface area contributed by atoms with Crippen LogP contribution in [0.1, 0.15) is 29.8 Å². The van der Waals surface area contributed by atoms with E-state index in [0.29, 0.717) is 0 Å². The van der Waals surface area contributed by atoms with Gasteiger partial charge in [-0.2, -0.15) is 5.10 Å². The van der Waals surface area contributed by atoms with Crippen LogP contribution in [0.3, 0.4) is 0 Å². The molecular formula is C23H25N5. The maximum Gasteiger partial charge on any atom is 0.137 e. The number of benzene rings is 1. The highest BCUT2D eigenvalue weighted by Crippen LogP contribution is 2.41. The second kappa shape index (κ2) is 6.91. The molecule has 0 bridgehead atoms. The molecule has 4 heterocycles. The van der Waals surface area contributed by atoms with Crippen molar-refractivity contribution >= 4 is 5.65 Å². The molecule has 0 N–H and O–H groups in total. The van der Waals surface area contributed by atoms with Gasteiger partial charge in [0, 0.05) is 37.6 Å². The Balaban J connectivity index is 1.47. The lowest BCUT2D eigenvalue weighted by molar-refractivity contribution is 0.168. The highest BCUT2D eigenvalue weighted by atomic mass is 15.3. The minimum absolute atomic E-state index is 0.0338. The van der Waals surface area contributed by atoms with Gasteiger partial charge in [0.05, 0.1) is 11.4 Å². The van der Waals surface area contributed by atoms with Crippen molar-refractivity contribution in [3.63, 3.8) is 0 Å². The van der Waals surface area contributed by atoms with E-state index in [2.05, 4.69) is 81.4 Å². The van der Waals surface area contributed by atoms with E-state index in [4.69, 9.17) is 4.98 Å². The molecule has 5 nitrogen and oxygen atoms in total. The van der Waals surface area contributed by atoms with Gasteiger partial charge in [-0.05, 0) is 49.7 Å². The third-order valence-corrected chi connectivity index (χ3v) is 6.04. The summed E-state index contributed by atoms with van der Waals surface area (Å²) in [5.41, 5.74) is 4.68. The zero-order valence-electron chi connectivity index (χ0n) is 16.2. The number of pyridine rings is 1. The van der Waals surface area contributed by atoms with Crippen LogP contribution in [0.5, 0.6) is 0 Å². The van der Waals surface area contributed by atoms with Crippen LogP contribution in [-0.2, 0) is 19.0 Å². The average Bonchev–Trinajstić information content (AvgIpc) is 3.35. The van der Waals surface area contributed by atoms with Gasteiger partial charge in [0.2, 0.25) is 0 Å². The number of likely N-dealkylation sites (tertiary alicyclic amines) is 1. The van der Waals surface area contributed by atoms with Crippen molar-refractivity contribution in [3.05, 3.63) is 90.1 Å². The Morgan fingerprint density at radius 3 is 2.43 bits per heavy atom. The first-order valence-electron chi connectivity index (χ1n) is 9.94. The van der Waals surface area contributed by atoms with E-state index in [0.717, 1.165) is 43.8 Å². The van der Waals surface area contributed by atoms with Gasteiger partial charge in [-0.25, -0.2) is 4.98 Å². The normalized spacial score (nSPS) is 17.2. The lowest BCUT2D eigenvalue weighted by Gasteiger charge is -2.41. The van der Waals surface area contributed by atoms with Crippen LogP contribution in [0.2, 0.25) is 0 Å². The molecule has 1 aliphatic rings. The van der Waals surface area contributed by atoms with Gasteiger partial charge in [0.1, 0.15) is 5.65 Å². The van der Waals surface area contributed by atoms with Crippen LogP contribution >= 0.6 is 0 Å². The largest absolute Gasteiger partial charge is 0.307 e. The first-order chi connectivity index (χ1) is 13.7. The predicted octanol–water partition coefficient (Wildman–Crippen LogP) is 3.65. The molecule has 0 amide bonds. The zero-order chi connectivity index (χ0) is 19.0. The van der Waals surface area contributed by atoms with Crippen LogP contribution in [0.15, 0.2) is 73.2 Å². The Morgan fingerprint density at radius 1 is 0.929 bits per heavy atom. The van der Waals surface area contributed by atoms with Crippen molar-refractivity contribution in [3.8, 4) is 0 Å². The average molecular weight is 371 g/mol. The van der Waals surface area contributed by atoms with Crippen molar-refractivity contribution in [1.82, 2.24) is 24.1 Å². The molecule has 0 saturated carbocycles. The Kier molecular flexibility index (Phi) is 4.24. The standard InChI is InChI=1S/C23H25N5/c1-26-14-10-20(25-26)17-27-15-11-23(12-16-27,19-7-3-2-4-8-19)21-18-28-13-6-5-9-22(28)24-21/h2-10,13-14,18H,11-12,15-17H2,1H3. The molecule has 1 aromatic carbocycles. The number of fused-ring (bicyclic) bond motifs is 1. The number of aromatic nitrogens is 4. The van der Waals surface area contributed by atoms with Gasteiger partial charge < -0.3 is 4.40 Å². The molecule has 5 heteroatoms. The van der Waals surface area contributed by atoms with E-state index < -0.39 is 0 Å². The monoisotopic (exact) mass is 371 g/mol. The quantitative estimate of drug-likeness (QED) is 0.550. The maximum absolute atomic E-state index is 5.03. The molecule has 1 aliphatic heterocycles. The van der Waals surface area contributed by atoms with E-state index in [-0.39, 0.29) is 5.41 Å². The Bertz CT molecular complexity index is 1040. The second-order valence-corrected chi connectivity index (χ2v) is 7.80. The Hall–Kier alpha value is -2.92. The summed E-state index contributed by atoms with van der Waals surface area (Å²) in [5.74, 6) is 0. The SMILES string of the molecule is Cn1ccc(CN2CCC(c3ccccc3)(c3cn4ccccc4n3)CC2)n1. The zero-order valence-corrected chi connectivity index (χ0v) is 16.2. The molecule has 4 aromatic rings. The lowest BCUT2D eigenvalue weighted by atomic mass is 9.70. The third-order valence-electron chi connectivity index (χ3n) is 6.04. The van der Waals surface area contributed by atoms with E-state index >= 15 is 0 Å². The summed E-state index contributed by atoms with van der Waals surface area (Å²) in [6, 6.07) is 19.2. The minimum atomic E-state index is -0.0338. The number of hydrogen-bond acceptors (Lipinski definition) is 3. The summed E-state index contributed by atoms with van der Waals surface area (Å²) in [6.45, 7) is 3.00. The van der Waals surface area contributed by atoms with Gasteiger partial charge in [-0.3, -0.25) is 9.58 Å². The fourth-order valence-corrected chi connectivity index (χ4v) is 4.48. The molecule has 1 fully saturated rings. The van der Waals surface area contributed by atoms with E-state index in [1.807, 2.05) is 17.9 Å². The molecule has 3 aromatic heterocycles. The van der Waals surface area contributed by atoms with Crippen molar-refractivity contribution in [2.75, 3.05) is 13.1 Å². The van der Waals surface area contributed by atoms with Gasteiger partial charge in [-0.1, -0.05) is 36.4 Å². The fraction of sp³-hybridized carbons (Fsp3) is 0.304. The molecule has 0 aliphatic carbocycles. The summed E-state index contributed by atoms with van der Waals surface area (Å²) in [6.07, 6.45) is 8.45. The highest BCUT2D eigenvalue weighted by Gasteiger charge is 2.39. The van der Waals surface area contributed by atoms with Crippen LogP contribution in [0, 0.1) is 0 Å². The van der Waals surface area contributed by atoms with Gasteiger partial charge in [0.25, 0.3) is 0 Å². The number of hydrogen-bond donors (Lipinski definition) is 0. The van der Waals surface area contributed by atoms with Crippen molar-refractivity contribution in [1.29, 1.82) is 0 Å². The first kappa shape index (κ1) is 17.2. The predicted molar refractivity (Wildman–Crippen MR) is 110 cm³/mol. The molecule has 0 unspecified atom stereocenters. The molecule has 1 saturated heterocycles. The van der Waals surface area contributed by atoms with Gasteiger partial charge in [-0.15, -0.1) is 0 Å². The number of aryl methyl sites for hydroxylation is 1. The number of rotatable bonds is 4. The summed E-state index contributed by atoms with van der Waals surface area (Å²) in [7, 11) is 1.98. The van der Waals surface area contributed by atoms with Crippen LogP contribution in [0.25, 0.3) is 5.65 Å². The maximum atomic E-state index is 5.03. The second-order valence-electron chi connectivity index (χ2n) is 7.80. The van der Waals surface area contributed by atoms with Crippen molar-refractivity contribution < 1.29 is 0 Å².